The van der Waals surface area contributed by atoms with Crippen molar-refractivity contribution in [3.05, 3.63) is 65.2 Å². The maximum absolute atomic E-state index is 12.2. The number of carbonyl (C=O) groups is 2. The molecule has 1 atom stereocenters. The average molecular weight is 383 g/mol. The molecule has 0 saturated heterocycles. The quantitative estimate of drug-likeness (QED) is 0.431. The number of methoxy groups -OCH3 is 1. The minimum absolute atomic E-state index is 0.0247. The Morgan fingerprint density at radius 3 is 2.36 bits per heavy atom. The lowest BCUT2D eigenvalue weighted by Crippen LogP contribution is -2.47. The number of ketones is 1. The summed E-state index contributed by atoms with van der Waals surface area (Å²) >= 11 is 0. The molecule has 0 fully saturated rings. The van der Waals surface area contributed by atoms with Crippen LogP contribution >= 0.6 is 0 Å². The second-order valence-electron chi connectivity index (χ2n) is 6.62. The lowest BCUT2D eigenvalue weighted by atomic mass is 9.75. The summed E-state index contributed by atoms with van der Waals surface area (Å²) in [6.45, 7) is 2.04. The lowest BCUT2D eigenvalue weighted by Gasteiger charge is -2.18. The van der Waals surface area contributed by atoms with Gasteiger partial charge in [0.1, 0.15) is 5.75 Å². The number of carbonyl (C=O) groups excluding carboxylic acids is 2. The van der Waals surface area contributed by atoms with E-state index in [1.807, 2.05) is 31.2 Å². The number of Topliss-reactive ketones (excluding diaryl/α,β-unsaturated/α-hetero) is 1. The van der Waals surface area contributed by atoms with E-state index in [1.165, 1.54) is 0 Å². The molecule has 0 aliphatic heterocycles. The van der Waals surface area contributed by atoms with Gasteiger partial charge < -0.3 is 20.1 Å². The van der Waals surface area contributed by atoms with Crippen molar-refractivity contribution in [2.75, 3.05) is 7.11 Å². The van der Waals surface area contributed by atoms with Crippen LogP contribution in [0, 0.1) is 0 Å². The third-order valence-corrected chi connectivity index (χ3v) is 4.55. The molecular weight excluding hydrogens is 357 g/mol. The van der Waals surface area contributed by atoms with Gasteiger partial charge in [0.05, 0.1) is 13.1 Å². The summed E-state index contributed by atoms with van der Waals surface area (Å²) in [5.74, 6) is -0.738. The Hall–Kier alpha value is -2.64. The first-order valence-electron chi connectivity index (χ1n) is 9.33. The van der Waals surface area contributed by atoms with Gasteiger partial charge in [0, 0.05) is 18.4 Å². The molecule has 0 aromatic heterocycles. The van der Waals surface area contributed by atoms with Crippen molar-refractivity contribution >= 4 is 18.8 Å². The Labute approximate surface area is 165 Å². The number of aryl methyl sites for hydroxylation is 1. The summed E-state index contributed by atoms with van der Waals surface area (Å²) in [4.78, 5) is 24.4. The van der Waals surface area contributed by atoms with Crippen molar-refractivity contribution < 1.29 is 24.4 Å². The van der Waals surface area contributed by atoms with Crippen LogP contribution in [0.5, 0.6) is 5.75 Å². The number of ether oxygens (including phenoxy) is 1. The number of benzene rings is 2. The fourth-order valence-electron chi connectivity index (χ4n) is 2.89. The van der Waals surface area contributed by atoms with E-state index in [0.29, 0.717) is 17.7 Å². The molecule has 6 nitrogen and oxygen atoms in total. The third-order valence-electron chi connectivity index (χ3n) is 4.55. The molecule has 0 spiro atoms. The smallest absolute Gasteiger partial charge is 0.475 e. The lowest BCUT2D eigenvalue weighted by molar-refractivity contribution is -0.121. The van der Waals surface area contributed by atoms with Gasteiger partial charge in [0.2, 0.25) is 5.91 Å². The predicted molar refractivity (Wildman–Crippen MR) is 108 cm³/mol. The molecule has 148 valence electrons. The van der Waals surface area contributed by atoms with Gasteiger partial charge in [0.25, 0.3) is 0 Å². The number of hydrogen-bond donors (Lipinski definition) is 3. The van der Waals surface area contributed by atoms with Crippen molar-refractivity contribution in [2.24, 2.45) is 0 Å². The first-order valence-corrected chi connectivity index (χ1v) is 9.33. The van der Waals surface area contributed by atoms with Crippen molar-refractivity contribution in [3.8, 4) is 5.75 Å². The normalized spacial score (nSPS) is 11.6. The topological polar surface area (TPSA) is 95.9 Å². The summed E-state index contributed by atoms with van der Waals surface area (Å²) in [7, 11) is -0.141. The maximum atomic E-state index is 12.2. The molecule has 0 bridgehead atoms. The van der Waals surface area contributed by atoms with Crippen LogP contribution in [0.4, 0.5) is 0 Å². The highest BCUT2D eigenvalue weighted by atomic mass is 16.5. The maximum Gasteiger partial charge on any atom is 0.475 e. The molecule has 0 radical (unpaired) electrons. The third kappa shape index (κ3) is 6.51. The molecule has 0 saturated carbocycles. The molecule has 0 aliphatic carbocycles. The highest BCUT2D eigenvalue weighted by Gasteiger charge is 2.25. The van der Waals surface area contributed by atoms with Gasteiger partial charge in [-0.15, -0.1) is 0 Å². The SMILES string of the molecule is CCc1cccc(C[C@H](NC(=O)CCC(=O)c2ccc(OC)cc2)B(O)O)c1. The van der Waals surface area contributed by atoms with E-state index in [9.17, 15) is 19.6 Å². The van der Waals surface area contributed by atoms with Gasteiger partial charge in [-0.05, 0) is 48.2 Å². The standard InChI is InChI=1S/C21H26BNO5/c1-3-15-5-4-6-16(13-15)14-20(22(26)27)23-21(25)12-11-19(24)17-7-9-18(28-2)10-8-17/h4-10,13,20,26-27H,3,11-12,14H2,1-2H3,(H,23,25)/t20-/m0/s1. The summed E-state index contributed by atoms with van der Waals surface area (Å²) in [5, 5.41) is 21.8. The molecule has 7 heteroatoms. The van der Waals surface area contributed by atoms with Crippen LogP contribution in [0.2, 0.25) is 0 Å². The zero-order valence-electron chi connectivity index (χ0n) is 16.2. The Morgan fingerprint density at radius 2 is 1.75 bits per heavy atom. The predicted octanol–water partition coefficient (Wildman–Crippen LogP) is 1.96. The molecule has 2 aromatic rings. The van der Waals surface area contributed by atoms with Crippen molar-refractivity contribution in [1.29, 1.82) is 0 Å². The highest BCUT2D eigenvalue weighted by molar-refractivity contribution is 6.43. The number of nitrogens with one attached hydrogen (secondary N) is 1. The number of amides is 1. The second-order valence-corrected chi connectivity index (χ2v) is 6.62. The zero-order chi connectivity index (χ0) is 20.5. The average Bonchev–Trinajstić information content (AvgIpc) is 2.71. The minimum atomic E-state index is -1.69. The molecular formula is C21H26BNO5. The van der Waals surface area contributed by atoms with Crippen LogP contribution in [0.3, 0.4) is 0 Å². The summed E-state index contributed by atoms with van der Waals surface area (Å²) in [6.07, 6.45) is 1.19. The van der Waals surface area contributed by atoms with Gasteiger partial charge in [0.15, 0.2) is 5.78 Å². The van der Waals surface area contributed by atoms with Crippen LogP contribution < -0.4 is 10.1 Å². The fourth-order valence-corrected chi connectivity index (χ4v) is 2.89. The van der Waals surface area contributed by atoms with Crippen LogP contribution in [0.25, 0.3) is 0 Å². The molecule has 3 N–H and O–H groups in total. The molecule has 28 heavy (non-hydrogen) atoms. The van der Waals surface area contributed by atoms with Gasteiger partial charge in [-0.25, -0.2) is 0 Å². The van der Waals surface area contributed by atoms with Crippen LogP contribution in [0.1, 0.15) is 41.3 Å². The van der Waals surface area contributed by atoms with E-state index in [2.05, 4.69) is 5.32 Å². The molecule has 0 unspecified atom stereocenters. The minimum Gasteiger partial charge on any atom is -0.497 e. The van der Waals surface area contributed by atoms with Gasteiger partial charge in [-0.1, -0.05) is 31.2 Å². The van der Waals surface area contributed by atoms with Crippen LogP contribution in [0.15, 0.2) is 48.5 Å². The summed E-state index contributed by atoms with van der Waals surface area (Å²) < 4.78 is 5.05. The second kappa shape index (κ2) is 10.6. The van der Waals surface area contributed by atoms with Gasteiger partial charge in [-0.2, -0.15) is 0 Å². The Kier molecular flexibility index (Phi) is 8.23. The molecule has 0 aliphatic rings. The summed E-state index contributed by atoms with van der Waals surface area (Å²) in [5.41, 5.74) is 2.55. The Morgan fingerprint density at radius 1 is 1.07 bits per heavy atom. The van der Waals surface area contributed by atoms with Crippen molar-refractivity contribution in [2.45, 2.75) is 38.5 Å². The van der Waals surface area contributed by atoms with E-state index in [1.54, 1.807) is 31.4 Å². The fraction of sp³-hybridized carbons (Fsp3) is 0.333. The monoisotopic (exact) mass is 383 g/mol. The Balaban J connectivity index is 1.89. The van der Waals surface area contributed by atoms with Gasteiger partial charge in [-0.3, -0.25) is 9.59 Å². The summed E-state index contributed by atoms with van der Waals surface area (Å²) in [6, 6.07) is 14.5. The molecule has 0 heterocycles. The van der Waals surface area contributed by atoms with E-state index in [0.717, 1.165) is 17.5 Å². The molecule has 1 amide bonds. The van der Waals surface area contributed by atoms with Crippen LogP contribution in [-0.2, 0) is 17.6 Å². The zero-order valence-corrected chi connectivity index (χ0v) is 16.2. The number of hydrogen-bond acceptors (Lipinski definition) is 5. The largest absolute Gasteiger partial charge is 0.497 e. The first kappa shape index (κ1) is 21.7. The number of rotatable bonds is 10. The van der Waals surface area contributed by atoms with E-state index in [-0.39, 0.29) is 18.6 Å². The van der Waals surface area contributed by atoms with Gasteiger partial charge >= 0.3 is 7.12 Å². The van der Waals surface area contributed by atoms with Crippen LogP contribution in [-0.4, -0.2) is 41.9 Å². The molecule has 2 rings (SSSR count). The van der Waals surface area contributed by atoms with E-state index in [4.69, 9.17) is 4.74 Å². The van der Waals surface area contributed by atoms with E-state index < -0.39 is 19.0 Å². The first-order chi connectivity index (χ1) is 13.4. The highest BCUT2D eigenvalue weighted by Crippen LogP contribution is 2.14. The van der Waals surface area contributed by atoms with Crippen molar-refractivity contribution in [1.82, 2.24) is 5.32 Å². The van der Waals surface area contributed by atoms with E-state index >= 15 is 0 Å². The molecule has 2 aromatic carbocycles. The Bertz CT molecular complexity index is 792. The van der Waals surface area contributed by atoms with Crippen molar-refractivity contribution in [3.63, 3.8) is 0 Å².